The smallest absolute Gasteiger partial charge is 0.257 e. The first-order chi connectivity index (χ1) is 15.1. The van der Waals surface area contributed by atoms with E-state index in [0.717, 1.165) is 24.3 Å². The number of hydrogen-bond acceptors (Lipinski definition) is 3. The van der Waals surface area contributed by atoms with Crippen molar-refractivity contribution in [2.75, 3.05) is 26.2 Å². The largest absolute Gasteiger partial charge is 0.337 e. The second kappa shape index (κ2) is 9.62. The Morgan fingerprint density at radius 2 is 1.94 bits per heavy atom. The summed E-state index contributed by atoms with van der Waals surface area (Å²) in [6.45, 7) is 5.41. The molecule has 0 radical (unpaired) electrons. The van der Waals surface area contributed by atoms with Crippen LogP contribution in [0.4, 0.5) is 4.39 Å². The lowest BCUT2D eigenvalue weighted by Crippen LogP contribution is -2.35. The Balaban J connectivity index is 1.48. The quantitative estimate of drug-likeness (QED) is 0.583. The van der Waals surface area contributed by atoms with Crippen molar-refractivity contribution >= 4 is 17.5 Å². The maximum absolute atomic E-state index is 14.0. The maximum Gasteiger partial charge on any atom is 0.257 e. The van der Waals surface area contributed by atoms with Gasteiger partial charge in [-0.3, -0.25) is 9.69 Å². The van der Waals surface area contributed by atoms with Crippen LogP contribution in [-0.2, 0) is 13.0 Å². The van der Waals surface area contributed by atoms with Crippen LogP contribution in [-0.4, -0.2) is 51.7 Å². The Labute approximate surface area is 187 Å². The van der Waals surface area contributed by atoms with Crippen LogP contribution in [0, 0.1) is 5.82 Å². The Morgan fingerprint density at radius 3 is 2.71 bits per heavy atom. The van der Waals surface area contributed by atoms with Crippen LogP contribution in [0.3, 0.4) is 0 Å². The van der Waals surface area contributed by atoms with E-state index in [1.807, 2.05) is 48.2 Å². The summed E-state index contributed by atoms with van der Waals surface area (Å²) in [4.78, 5) is 17.4. The van der Waals surface area contributed by atoms with E-state index in [1.54, 1.807) is 16.9 Å². The van der Waals surface area contributed by atoms with E-state index in [-0.39, 0.29) is 11.7 Å². The number of nitrogens with zero attached hydrogens (tertiary/aromatic N) is 4. The Morgan fingerprint density at radius 1 is 1.10 bits per heavy atom. The summed E-state index contributed by atoms with van der Waals surface area (Å²) in [7, 11) is 0. The summed E-state index contributed by atoms with van der Waals surface area (Å²) in [5, 5.41) is 5.11. The van der Waals surface area contributed by atoms with Gasteiger partial charge in [0.2, 0.25) is 0 Å². The lowest BCUT2D eigenvalue weighted by atomic mass is 10.1. The number of carbonyl (C=O) groups excluding carboxylic acids is 1. The van der Waals surface area contributed by atoms with Crippen molar-refractivity contribution in [2.45, 2.75) is 26.3 Å². The molecule has 4 rings (SSSR count). The highest BCUT2D eigenvalue weighted by atomic mass is 35.5. The first-order valence-corrected chi connectivity index (χ1v) is 11.0. The number of aromatic nitrogens is 2. The summed E-state index contributed by atoms with van der Waals surface area (Å²) < 4.78 is 15.8. The third-order valence-corrected chi connectivity index (χ3v) is 5.95. The van der Waals surface area contributed by atoms with Crippen LogP contribution in [0.5, 0.6) is 0 Å². The number of carbonyl (C=O) groups is 1. The van der Waals surface area contributed by atoms with E-state index in [9.17, 15) is 9.18 Å². The number of halogens is 2. The topological polar surface area (TPSA) is 41.4 Å². The van der Waals surface area contributed by atoms with Gasteiger partial charge in [0.1, 0.15) is 5.82 Å². The molecule has 1 fully saturated rings. The van der Waals surface area contributed by atoms with Gasteiger partial charge in [-0.05, 0) is 37.1 Å². The highest BCUT2D eigenvalue weighted by molar-refractivity contribution is 6.30. The molecule has 0 aliphatic carbocycles. The molecule has 5 nitrogen and oxygen atoms in total. The van der Waals surface area contributed by atoms with Crippen molar-refractivity contribution < 1.29 is 9.18 Å². The van der Waals surface area contributed by atoms with E-state index >= 15 is 0 Å². The van der Waals surface area contributed by atoms with Crippen LogP contribution >= 0.6 is 11.6 Å². The number of amides is 1. The monoisotopic (exact) mass is 440 g/mol. The first-order valence-electron chi connectivity index (χ1n) is 10.6. The Kier molecular flexibility index (Phi) is 6.68. The van der Waals surface area contributed by atoms with Crippen LogP contribution in [0.1, 0.15) is 35.0 Å². The average Bonchev–Trinajstić information content (AvgIpc) is 3.07. The highest BCUT2D eigenvalue weighted by Crippen LogP contribution is 2.21. The molecule has 1 amide bonds. The molecule has 1 aliphatic rings. The van der Waals surface area contributed by atoms with Crippen LogP contribution in [0.2, 0.25) is 5.02 Å². The molecule has 2 aromatic carbocycles. The van der Waals surface area contributed by atoms with Gasteiger partial charge < -0.3 is 4.90 Å². The predicted molar refractivity (Wildman–Crippen MR) is 120 cm³/mol. The van der Waals surface area contributed by atoms with Gasteiger partial charge in [-0.2, -0.15) is 5.10 Å². The van der Waals surface area contributed by atoms with Gasteiger partial charge in [0.25, 0.3) is 5.91 Å². The Hall–Kier alpha value is -2.70. The molecule has 0 atom stereocenters. The van der Waals surface area contributed by atoms with Gasteiger partial charge in [0, 0.05) is 43.3 Å². The molecule has 2 heterocycles. The molecule has 1 saturated heterocycles. The van der Waals surface area contributed by atoms with Crippen molar-refractivity contribution in [1.82, 2.24) is 19.6 Å². The fourth-order valence-corrected chi connectivity index (χ4v) is 4.28. The summed E-state index contributed by atoms with van der Waals surface area (Å²) in [5.41, 5.74) is 3.04. The van der Waals surface area contributed by atoms with Gasteiger partial charge >= 0.3 is 0 Å². The molecule has 1 aliphatic heterocycles. The molecule has 3 aromatic rings. The fourth-order valence-electron chi connectivity index (χ4n) is 4.09. The number of benzene rings is 2. The van der Waals surface area contributed by atoms with Crippen LogP contribution in [0.15, 0.2) is 54.7 Å². The molecule has 0 bridgehead atoms. The zero-order valence-electron chi connectivity index (χ0n) is 17.6. The van der Waals surface area contributed by atoms with E-state index in [0.29, 0.717) is 48.7 Å². The van der Waals surface area contributed by atoms with Gasteiger partial charge in [0.05, 0.1) is 23.1 Å². The van der Waals surface area contributed by atoms with E-state index in [4.69, 9.17) is 11.6 Å². The predicted octanol–water partition coefficient (Wildman–Crippen LogP) is 4.58. The maximum atomic E-state index is 14.0. The van der Waals surface area contributed by atoms with Gasteiger partial charge in [-0.25, -0.2) is 9.07 Å². The molecular formula is C24H26ClFN4O. The molecule has 31 heavy (non-hydrogen) atoms. The third-order valence-electron chi connectivity index (χ3n) is 5.71. The minimum Gasteiger partial charge on any atom is -0.337 e. The van der Waals surface area contributed by atoms with Crippen molar-refractivity contribution in [3.05, 3.63) is 82.4 Å². The van der Waals surface area contributed by atoms with E-state index < -0.39 is 0 Å². The third kappa shape index (κ3) is 4.81. The molecule has 0 saturated carbocycles. The molecular weight excluding hydrogens is 415 g/mol. The van der Waals surface area contributed by atoms with Gasteiger partial charge in [-0.1, -0.05) is 42.8 Å². The lowest BCUT2D eigenvalue weighted by molar-refractivity contribution is 0.0760. The second-order valence-corrected chi connectivity index (χ2v) is 8.20. The zero-order valence-corrected chi connectivity index (χ0v) is 18.4. The minimum absolute atomic E-state index is 0.00197. The first kappa shape index (κ1) is 21.5. The molecule has 0 spiro atoms. The Bertz CT molecular complexity index is 1070. The van der Waals surface area contributed by atoms with Gasteiger partial charge in [0.15, 0.2) is 0 Å². The van der Waals surface area contributed by atoms with Crippen molar-refractivity contribution in [3.63, 3.8) is 0 Å². The SMILES string of the molecule is CCc1c(C(=O)N2CCCN(Cc3ccccc3F)CC2)cnn1-c1cccc(Cl)c1. The highest BCUT2D eigenvalue weighted by Gasteiger charge is 2.25. The minimum atomic E-state index is -0.180. The fraction of sp³-hybridized carbons (Fsp3) is 0.333. The molecule has 0 unspecified atom stereocenters. The summed E-state index contributed by atoms with van der Waals surface area (Å²) in [5.74, 6) is -0.182. The molecule has 162 valence electrons. The number of rotatable bonds is 5. The van der Waals surface area contributed by atoms with Crippen molar-refractivity contribution in [1.29, 1.82) is 0 Å². The van der Waals surface area contributed by atoms with Crippen molar-refractivity contribution in [3.8, 4) is 5.69 Å². The van der Waals surface area contributed by atoms with Crippen LogP contribution in [0.25, 0.3) is 5.69 Å². The van der Waals surface area contributed by atoms with E-state index in [2.05, 4.69) is 10.00 Å². The molecule has 1 aromatic heterocycles. The normalized spacial score (nSPS) is 15.1. The van der Waals surface area contributed by atoms with Crippen LogP contribution < -0.4 is 0 Å². The van der Waals surface area contributed by atoms with Gasteiger partial charge in [-0.15, -0.1) is 0 Å². The molecule has 7 heteroatoms. The summed E-state index contributed by atoms with van der Waals surface area (Å²) >= 11 is 6.14. The second-order valence-electron chi connectivity index (χ2n) is 7.76. The molecule has 0 N–H and O–H groups in total. The summed E-state index contributed by atoms with van der Waals surface area (Å²) in [6.07, 6.45) is 3.19. The van der Waals surface area contributed by atoms with E-state index in [1.165, 1.54) is 6.07 Å². The average molecular weight is 441 g/mol. The standard InChI is InChI=1S/C24H26ClFN4O/c1-2-23-21(16-27-30(23)20-9-5-8-19(25)15-20)24(31)29-12-6-11-28(13-14-29)17-18-7-3-4-10-22(18)26/h3-5,7-10,15-16H,2,6,11-14,17H2,1H3. The number of hydrogen-bond donors (Lipinski definition) is 0. The lowest BCUT2D eigenvalue weighted by Gasteiger charge is -2.22. The van der Waals surface area contributed by atoms with Crippen molar-refractivity contribution in [2.24, 2.45) is 0 Å². The summed E-state index contributed by atoms with van der Waals surface area (Å²) in [6, 6.07) is 14.3. The zero-order chi connectivity index (χ0) is 21.8.